The predicted molar refractivity (Wildman–Crippen MR) is 73.0 cm³/mol. The van der Waals surface area contributed by atoms with Gasteiger partial charge in [-0.25, -0.2) is 4.98 Å². The molecule has 0 amide bonds. The number of pyridine rings is 1. The van der Waals surface area contributed by atoms with Gasteiger partial charge in [0.2, 0.25) is 0 Å². The van der Waals surface area contributed by atoms with Crippen LogP contribution in [0.25, 0.3) is 11.3 Å². The molecule has 0 fully saturated rings. The molecule has 3 aromatic rings. The maximum absolute atomic E-state index is 4.25. The van der Waals surface area contributed by atoms with Gasteiger partial charge in [0, 0.05) is 24.2 Å². The molecule has 1 aromatic carbocycles. The second kappa shape index (κ2) is 6.35. The zero-order valence-corrected chi connectivity index (χ0v) is 10.2. The maximum atomic E-state index is 4.25. The second-order valence-electron chi connectivity index (χ2n) is 3.76. The Morgan fingerprint density at radius 2 is 1.61 bits per heavy atom. The fraction of sp³-hybridized carbons (Fsp3) is 0.0667. The quantitative estimate of drug-likeness (QED) is 0.704. The molecule has 0 saturated carbocycles. The zero-order chi connectivity index (χ0) is 12.6. The normalized spacial score (nSPS) is 9.39. The van der Waals surface area contributed by atoms with Crippen molar-refractivity contribution in [2.75, 3.05) is 0 Å². The summed E-state index contributed by atoms with van der Waals surface area (Å²) in [4.78, 5) is 11.0. The summed E-state index contributed by atoms with van der Waals surface area (Å²) >= 11 is 0. The zero-order valence-electron chi connectivity index (χ0n) is 10.2. The lowest BCUT2D eigenvalue weighted by Gasteiger charge is -1.97. The minimum atomic E-state index is 0.968. The van der Waals surface area contributed by atoms with Gasteiger partial charge < -0.3 is 4.98 Å². The van der Waals surface area contributed by atoms with Crippen LogP contribution in [0.5, 0.6) is 0 Å². The molecule has 0 bridgehead atoms. The Kier molecular flexibility index (Phi) is 4.25. The lowest BCUT2D eigenvalue weighted by atomic mass is 10.1. The van der Waals surface area contributed by atoms with Gasteiger partial charge in [-0.05, 0) is 19.1 Å². The van der Waals surface area contributed by atoms with Gasteiger partial charge in [-0.15, -0.1) is 0 Å². The summed E-state index contributed by atoms with van der Waals surface area (Å²) < 4.78 is 0. The summed E-state index contributed by atoms with van der Waals surface area (Å²) in [5.74, 6) is 0.968. The van der Waals surface area contributed by atoms with E-state index in [9.17, 15) is 0 Å². The van der Waals surface area contributed by atoms with Gasteiger partial charge in [-0.2, -0.15) is 0 Å². The minimum absolute atomic E-state index is 0.968. The van der Waals surface area contributed by atoms with Crippen molar-refractivity contribution in [3.63, 3.8) is 0 Å². The summed E-state index contributed by atoms with van der Waals surface area (Å²) in [7, 11) is 0. The Morgan fingerprint density at radius 1 is 0.833 bits per heavy atom. The molecule has 0 aliphatic carbocycles. The number of imidazole rings is 1. The van der Waals surface area contributed by atoms with Crippen LogP contribution in [0.15, 0.2) is 67.1 Å². The Labute approximate surface area is 107 Å². The molecule has 3 rings (SSSR count). The molecule has 1 N–H and O–H groups in total. The molecule has 2 aromatic heterocycles. The van der Waals surface area contributed by atoms with Crippen LogP contribution in [-0.2, 0) is 0 Å². The predicted octanol–water partition coefficient (Wildman–Crippen LogP) is 3.47. The first kappa shape index (κ1) is 12.0. The molecule has 0 aliphatic heterocycles. The van der Waals surface area contributed by atoms with Crippen LogP contribution in [0.2, 0.25) is 0 Å². The number of nitrogens with one attached hydrogen (secondary N) is 1. The number of aryl methyl sites for hydroxylation is 1. The van der Waals surface area contributed by atoms with E-state index in [0.29, 0.717) is 0 Å². The highest BCUT2D eigenvalue weighted by molar-refractivity contribution is 5.58. The average molecular weight is 237 g/mol. The molecule has 0 unspecified atom stereocenters. The van der Waals surface area contributed by atoms with Gasteiger partial charge in [0.1, 0.15) is 5.82 Å². The lowest BCUT2D eigenvalue weighted by Crippen LogP contribution is -1.79. The molecular weight excluding hydrogens is 222 g/mol. The fourth-order valence-corrected chi connectivity index (χ4v) is 1.49. The largest absolute Gasteiger partial charge is 0.349 e. The molecule has 0 radical (unpaired) electrons. The Hall–Kier alpha value is -2.42. The highest BCUT2D eigenvalue weighted by Gasteiger charge is 1.93. The molecule has 90 valence electrons. The molecule has 0 saturated heterocycles. The highest BCUT2D eigenvalue weighted by atomic mass is 14.9. The van der Waals surface area contributed by atoms with Crippen LogP contribution in [0.1, 0.15) is 5.82 Å². The third-order valence-corrected chi connectivity index (χ3v) is 2.37. The van der Waals surface area contributed by atoms with E-state index in [4.69, 9.17) is 0 Å². The maximum Gasteiger partial charge on any atom is 0.102 e. The molecule has 0 aliphatic rings. The van der Waals surface area contributed by atoms with Gasteiger partial charge in [-0.1, -0.05) is 36.4 Å². The number of aromatic nitrogens is 3. The lowest BCUT2D eigenvalue weighted by molar-refractivity contribution is 1.15. The van der Waals surface area contributed by atoms with E-state index in [1.165, 1.54) is 0 Å². The van der Waals surface area contributed by atoms with Gasteiger partial charge in [0.25, 0.3) is 0 Å². The minimum Gasteiger partial charge on any atom is -0.349 e. The second-order valence-corrected chi connectivity index (χ2v) is 3.76. The monoisotopic (exact) mass is 237 g/mol. The number of nitrogens with zero attached hydrogens (tertiary/aromatic N) is 2. The molecule has 2 heterocycles. The number of hydrogen-bond acceptors (Lipinski definition) is 2. The SMILES string of the molecule is Cc1ncc[nH]1.c1ccc(-c2ccccn2)cc1. The van der Waals surface area contributed by atoms with E-state index in [1.807, 2.05) is 49.5 Å². The summed E-state index contributed by atoms with van der Waals surface area (Å²) in [5.41, 5.74) is 2.19. The van der Waals surface area contributed by atoms with Crippen LogP contribution in [0.4, 0.5) is 0 Å². The molecule has 0 atom stereocenters. The summed E-state index contributed by atoms with van der Waals surface area (Å²) in [6, 6.07) is 16.1. The van der Waals surface area contributed by atoms with E-state index in [2.05, 4.69) is 27.1 Å². The molecule has 3 nitrogen and oxygen atoms in total. The van der Waals surface area contributed by atoms with Crippen molar-refractivity contribution >= 4 is 0 Å². The van der Waals surface area contributed by atoms with Crippen LogP contribution in [-0.4, -0.2) is 15.0 Å². The molecular formula is C15H15N3. The van der Waals surface area contributed by atoms with Crippen LogP contribution in [0, 0.1) is 6.92 Å². The van der Waals surface area contributed by atoms with Crippen molar-refractivity contribution in [3.8, 4) is 11.3 Å². The van der Waals surface area contributed by atoms with Crippen molar-refractivity contribution in [1.29, 1.82) is 0 Å². The topological polar surface area (TPSA) is 41.6 Å². The number of aromatic amines is 1. The third kappa shape index (κ3) is 3.56. The van der Waals surface area contributed by atoms with Crippen LogP contribution >= 0.6 is 0 Å². The summed E-state index contributed by atoms with van der Waals surface area (Å²) in [6.45, 7) is 1.92. The smallest absolute Gasteiger partial charge is 0.102 e. The Morgan fingerprint density at radius 3 is 2.11 bits per heavy atom. The summed E-state index contributed by atoms with van der Waals surface area (Å²) in [5, 5.41) is 0. The first-order valence-corrected chi connectivity index (χ1v) is 5.78. The van der Waals surface area contributed by atoms with E-state index in [0.717, 1.165) is 17.1 Å². The standard InChI is InChI=1S/C11H9N.C4H6N2/c1-2-6-10(7-3-1)11-8-4-5-9-12-11;1-4-5-2-3-6-4/h1-9H;2-3H,1H3,(H,5,6). The number of rotatable bonds is 1. The van der Waals surface area contributed by atoms with Crippen LogP contribution in [0.3, 0.4) is 0 Å². The van der Waals surface area contributed by atoms with E-state index in [-0.39, 0.29) is 0 Å². The third-order valence-electron chi connectivity index (χ3n) is 2.37. The number of hydrogen-bond donors (Lipinski definition) is 1. The van der Waals surface area contributed by atoms with Gasteiger partial charge in [0.05, 0.1) is 5.69 Å². The van der Waals surface area contributed by atoms with Crippen molar-refractivity contribution < 1.29 is 0 Å². The van der Waals surface area contributed by atoms with Gasteiger partial charge in [-0.3, -0.25) is 4.98 Å². The first-order chi connectivity index (χ1) is 8.86. The Bertz CT molecular complexity index is 507. The van der Waals surface area contributed by atoms with Crippen LogP contribution < -0.4 is 0 Å². The van der Waals surface area contributed by atoms with E-state index in [1.54, 1.807) is 12.4 Å². The summed E-state index contributed by atoms with van der Waals surface area (Å²) in [6.07, 6.45) is 5.34. The van der Waals surface area contributed by atoms with Crippen molar-refractivity contribution in [3.05, 3.63) is 72.9 Å². The van der Waals surface area contributed by atoms with Crippen molar-refractivity contribution in [2.24, 2.45) is 0 Å². The van der Waals surface area contributed by atoms with E-state index >= 15 is 0 Å². The molecule has 18 heavy (non-hydrogen) atoms. The fourth-order valence-electron chi connectivity index (χ4n) is 1.49. The molecule has 0 spiro atoms. The average Bonchev–Trinajstić information content (AvgIpc) is 2.93. The van der Waals surface area contributed by atoms with Gasteiger partial charge >= 0.3 is 0 Å². The van der Waals surface area contributed by atoms with Gasteiger partial charge in [0.15, 0.2) is 0 Å². The first-order valence-electron chi connectivity index (χ1n) is 5.78. The number of benzene rings is 1. The number of H-pyrrole nitrogens is 1. The van der Waals surface area contributed by atoms with E-state index < -0.39 is 0 Å². The highest BCUT2D eigenvalue weighted by Crippen LogP contribution is 2.14. The molecule has 3 heteroatoms. The van der Waals surface area contributed by atoms with Crippen molar-refractivity contribution in [2.45, 2.75) is 6.92 Å². The Balaban J connectivity index is 0.000000169. The van der Waals surface area contributed by atoms with Crippen molar-refractivity contribution in [1.82, 2.24) is 15.0 Å².